The smallest absolute Gasteiger partial charge is 0.406 e. The van der Waals surface area contributed by atoms with Crippen molar-refractivity contribution in [2.45, 2.75) is 12.8 Å². The molecule has 0 saturated carbocycles. The van der Waals surface area contributed by atoms with Crippen molar-refractivity contribution in [3.63, 3.8) is 0 Å². The Bertz CT molecular complexity index is 927. The topological polar surface area (TPSA) is 51.2 Å². The summed E-state index contributed by atoms with van der Waals surface area (Å²) in [6.07, 6.45) is -4.65. The predicted octanol–water partition coefficient (Wildman–Crippen LogP) is 5.03. The highest BCUT2D eigenvalue weighted by molar-refractivity contribution is 7.22. The molecule has 2 aromatic carbocycles. The first-order valence-electron chi connectivity index (χ1n) is 6.99. The van der Waals surface area contributed by atoms with Gasteiger partial charge in [0.1, 0.15) is 5.75 Å². The molecule has 1 aromatic heterocycles. The van der Waals surface area contributed by atoms with E-state index >= 15 is 0 Å². The Balaban J connectivity index is 1.72. The number of anilines is 1. The van der Waals surface area contributed by atoms with Crippen LogP contribution in [0.25, 0.3) is 10.2 Å². The fourth-order valence-corrected chi connectivity index (χ4v) is 3.27. The van der Waals surface area contributed by atoms with Crippen LogP contribution in [0, 0.1) is 0 Å². The Morgan fingerprint density at radius 1 is 1.24 bits per heavy atom. The Labute approximate surface area is 149 Å². The minimum Gasteiger partial charge on any atom is -0.406 e. The SMILES string of the molecule is O=C(Cc1cccc(Cl)c1)Nc1nc2ccc(OC(F)(F)F)cc2s1. The Hall–Kier alpha value is -2.32. The number of halogens is 4. The Morgan fingerprint density at radius 2 is 2.04 bits per heavy atom. The molecule has 0 fully saturated rings. The minimum atomic E-state index is -4.76. The number of hydrogen-bond donors (Lipinski definition) is 1. The number of carbonyl (C=O) groups excluding carboxylic acids is 1. The molecule has 25 heavy (non-hydrogen) atoms. The van der Waals surface area contributed by atoms with E-state index in [-0.39, 0.29) is 18.1 Å². The summed E-state index contributed by atoms with van der Waals surface area (Å²) in [4.78, 5) is 16.2. The molecule has 0 aliphatic rings. The van der Waals surface area contributed by atoms with Crippen LogP contribution in [0.2, 0.25) is 5.02 Å². The van der Waals surface area contributed by atoms with Crippen LogP contribution < -0.4 is 10.1 Å². The minimum absolute atomic E-state index is 0.110. The number of rotatable bonds is 4. The third kappa shape index (κ3) is 4.83. The molecule has 0 spiro atoms. The van der Waals surface area contributed by atoms with Crippen molar-refractivity contribution < 1.29 is 22.7 Å². The first-order valence-corrected chi connectivity index (χ1v) is 8.18. The van der Waals surface area contributed by atoms with E-state index in [1.54, 1.807) is 24.3 Å². The Kier molecular flexibility index (Phi) is 4.82. The Morgan fingerprint density at radius 3 is 2.76 bits per heavy atom. The number of nitrogens with zero attached hydrogens (tertiary/aromatic N) is 1. The van der Waals surface area contributed by atoms with Crippen LogP contribution >= 0.6 is 22.9 Å². The highest BCUT2D eigenvalue weighted by atomic mass is 35.5. The summed E-state index contributed by atoms with van der Waals surface area (Å²) in [5.74, 6) is -0.631. The van der Waals surface area contributed by atoms with Gasteiger partial charge in [0, 0.05) is 11.1 Å². The lowest BCUT2D eigenvalue weighted by Crippen LogP contribution is -2.16. The molecule has 1 N–H and O–H groups in total. The third-order valence-electron chi connectivity index (χ3n) is 3.09. The lowest BCUT2D eigenvalue weighted by Gasteiger charge is -2.07. The summed E-state index contributed by atoms with van der Waals surface area (Å²) in [5, 5.41) is 3.46. The summed E-state index contributed by atoms with van der Waals surface area (Å²) in [6.45, 7) is 0. The zero-order valence-corrected chi connectivity index (χ0v) is 14.0. The number of aromatic nitrogens is 1. The van der Waals surface area contributed by atoms with Gasteiger partial charge in [0.15, 0.2) is 5.13 Å². The average Bonchev–Trinajstić information content (AvgIpc) is 2.86. The molecule has 4 nitrogen and oxygen atoms in total. The molecule has 130 valence electrons. The number of nitrogens with one attached hydrogen (secondary N) is 1. The van der Waals surface area contributed by atoms with Crippen molar-refractivity contribution in [2.75, 3.05) is 5.32 Å². The number of benzene rings is 2. The van der Waals surface area contributed by atoms with Gasteiger partial charge in [0.2, 0.25) is 5.91 Å². The highest BCUT2D eigenvalue weighted by Gasteiger charge is 2.31. The zero-order valence-electron chi connectivity index (χ0n) is 12.4. The van der Waals surface area contributed by atoms with Gasteiger partial charge < -0.3 is 10.1 Å². The maximum atomic E-state index is 12.3. The number of thiazole rings is 1. The van der Waals surface area contributed by atoms with Gasteiger partial charge in [0.05, 0.1) is 16.6 Å². The average molecular weight is 387 g/mol. The summed E-state index contributed by atoms with van der Waals surface area (Å²) >= 11 is 6.93. The van der Waals surface area contributed by atoms with Crippen molar-refractivity contribution in [3.8, 4) is 5.75 Å². The highest BCUT2D eigenvalue weighted by Crippen LogP contribution is 2.31. The van der Waals surface area contributed by atoms with Crippen molar-refractivity contribution in [1.29, 1.82) is 0 Å². The van der Waals surface area contributed by atoms with Crippen LogP contribution in [-0.4, -0.2) is 17.3 Å². The number of carbonyl (C=O) groups is 1. The maximum absolute atomic E-state index is 12.3. The van der Waals surface area contributed by atoms with E-state index in [9.17, 15) is 18.0 Å². The van der Waals surface area contributed by atoms with Gasteiger partial charge in [-0.3, -0.25) is 4.79 Å². The molecule has 0 bridgehead atoms. The third-order valence-corrected chi connectivity index (χ3v) is 4.26. The number of ether oxygens (including phenoxy) is 1. The summed E-state index contributed by atoms with van der Waals surface area (Å²) in [6, 6.07) is 10.7. The zero-order chi connectivity index (χ0) is 18.0. The van der Waals surface area contributed by atoms with E-state index in [1.165, 1.54) is 18.2 Å². The van der Waals surface area contributed by atoms with Crippen LogP contribution in [0.4, 0.5) is 18.3 Å². The molecule has 1 heterocycles. The van der Waals surface area contributed by atoms with Crippen LogP contribution in [0.15, 0.2) is 42.5 Å². The van der Waals surface area contributed by atoms with Crippen molar-refractivity contribution >= 4 is 44.2 Å². The first kappa shape index (κ1) is 17.5. The standard InChI is InChI=1S/C16H10ClF3N2O2S/c17-10-3-1-2-9(6-10)7-14(23)22-15-21-12-5-4-11(8-13(12)25-15)24-16(18,19)20/h1-6,8H,7H2,(H,21,22,23). The first-order chi connectivity index (χ1) is 11.8. The molecule has 9 heteroatoms. The molecule has 3 aromatic rings. The molecule has 0 aliphatic carbocycles. The summed E-state index contributed by atoms with van der Waals surface area (Å²) < 4.78 is 41.1. The van der Waals surface area contributed by atoms with E-state index in [4.69, 9.17) is 11.6 Å². The lowest BCUT2D eigenvalue weighted by molar-refractivity contribution is -0.274. The predicted molar refractivity (Wildman–Crippen MR) is 90.1 cm³/mol. The van der Waals surface area contributed by atoms with Gasteiger partial charge in [-0.25, -0.2) is 4.98 Å². The summed E-state index contributed by atoms with van der Waals surface area (Å²) in [5.41, 5.74) is 1.21. The van der Waals surface area contributed by atoms with Gasteiger partial charge in [0.25, 0.3) is 0 Å². The van der Waals surface area contributed by atoms with E-state index < -0.39 is 6.36 Å². The number of amides is 1. The second-order valence-electron chi connectivity index (χ2n) is 5.05. The van der Waals surface area contributed by atoms with Crippen LogP contribution in [0.5, 0.6) is 5.75 Å². The second kappa shape index (κ2) is 6.89. The molecule has 0 aliphatic heterocycles. The van der Waals surface area contributed by atoms with Gasteiger partial charge in [-0.2, -0.15) is 0 Å². The lowest BCUT2D eigenvalue weighted by atomic mass is 10.1. The molecule has 0 saturated heterocycles. The van der Waals surface area contributed by atoms with E-state index in [0.717, 1.165) is 16.9 Å². The largest absolute Gasteiger partial charge is 0.573 e. The van der Waals surface area contributed by atoms with Gasteiger partial charge in [-0.1, -0.05) is 35.1 Å². The van der Waals surface area contributed by atoms with Crippen LogP contribution in [-0.2, 0) is 11.2 Å². The fourth-order valence-electron chi connectivity index (χ4n) is 2.15. The number of alkyl halides is 3. The molecule has 3 rings (SSSR count). The second-order valence-corrected chi connectivity index (χ2v) is 6.52. The molecule has 1 amide bonds. The molecule has 0 unspecified atom stereocenters. The fraction of sp³-hybridized carbons (Fsp3) is 0.125. The van der Waals surface area contributed by atoms with Crippen molar-refractivity contribution in [2.24, 2.45) is 0 Å². The normalized spacial score (nSPS) is 11.5. The molecule has 0 radical (unpaired) electrons. The van der Waals surface area contributed by atoms with Gasteiger partial charge in [-0.05, 0) is 29.8 Å². The van der Waals surface area contributed by atoms with Crippen LogP contribution in [0.1, 0.15) is 5.56 Å². The van der Waals surface area contributed by atoms with Gasteiger partial charge in [-0.15, -0.1) is 13.2 Å². The number of hydrogen-bond acceptors (Lipinski definition) is 4. The number of fused-ring (bicyclic) bond motifs is 1. The monoisotopic (exact) mass is 386 g/mol. The van der Waals surface area contributed by atoms with E-state index in [0.29, 0.717) is 20.4 Å². The van der Waals surface area contributed by atoms with E-state index in [2.05, 4.69) is 15.0 Å². The molecular formula is C16H10ClF3N2O2S. The maximum Gasteiger partial charge on any atom is 0.573 e. The van der Waals surface area contributed by atoms with Crippen LogP contribution in [0.3, 0.4) is 0 Å². The summed E-state index contributed by atoms with van der Waals surface area (Å²) in [7, 11) is 0. The quantitative estimate of drug-likeness (QED) is 0.684. The van der Waals surface area contributed by atoms with Crippen molar-refractivity contribution in [3.05, 3.63) is 53.1 Å². The molecular weight excluding hydrogens is 377 g/mol. The van der Waals surface area contributed by atoms with Crippen molar-refractivity contribution in [1.82, 2.24) is 4.98 Å². The molecule has 0 atom stereocenters. The van der Waals surface area contributed by atoms with E-state index in [1.807, 2.05) is 0 Å². The van der Waals surface area contributed by atoms with Gasteiger partial charge >= 0.3 is 6.36 Å².